The molecule has 0 fully saturated rings. The van der Waals surface area contributed by atoms with Gasteiger partial charge in [-0.3, -0.25) is 0 Å². The number of esters is 1. The van der Waals surface area contributed by atoms with Crippen molar-refractivity contribution in [2.45, 2.75) is 13.0 Å². The predicted molar refractivity (Wildman–Crippen MR) is 68.1 cm³/mol. The highest BCUT2D eigenvalue weighted by molar-refractivity contribution is 7.08. The van der Waals surface area contributed by atoms with Gasteiger partial charge in [0.05, 0.1) is 18.7 Å². The van der Waals surface area contributed by atoms with E-state index in [-0.39, 0.29) is 6.03 Å². The molecule has 0 saturated carbocycles. The summed E-state index contributed by atoms with van der Waals surface area (Å²) in [6.07, 6.45) is 0. The zero-order chi connectivity index (χ0) is 13.3. The Bertz CT molecular complexity index is 507. The summed E-state index contributed by atoms with van der Waals surface area (Å²) < 4.78 is 4.80. The van der Waals surface area contributed by atoms with E-state index in [9.17, 15) is 9.59 Å². The summed E-state index contributed by atoms with van der Waals surface area (Å²) in [7, 11) is 2.96. The summed E-state index contributed by atoms with van der Waals surface area (Å²) in [5.74, 6) is -0.421. The SMILES string of the molecule is COC(=O)C1=C(C)N(C)C(=O)N[C@H]1c1ccsc1. The maximum atomic E-state index is 11.9. The fourth-order valence-corrected chi connectivity index (χ4v) is 2.59. The predicted octanol–water partition coefficient (Wildman–Crippen LogP) is 1.89. The highest BCUT2D eigenvalue weighted by Crippen LogP contribution is 2.31. The summed E-state index contributed by atoms with van der Waals surface area (Å²) in [5.41, 5.74) is 1.97. The third kappa shape index (κ3) is 1.99. The molecule has 1 aliphatic rings. The van der Waals surface area contributed by atoms with E-state index in [4.69, 9.17) is 4.74 Å². The number of rotatable bonds is 2. The van der Waals surface area contributed by atoms with Gasteiger partial charge in [0, 0.05) is 12.7 Å². The molecule has 0 aromatic carbocycles. The number of thiophene rings is 1. The van der Waals surface area contributed by atoms with Crippen LogP contribution in [-0.2, 0) is 9.53 Å². The molecular weight excluding hydrogens is 252 g/mol. The number of allylic oxidation sites excluding steroid dienone is 1. The van der Waals surface area contributed by atoms with Gasteiger partial charge < -0.3 is 15.0 Å². The lowest BCUT2D eigenvalue weighted by Crippen LogP contribution is -2.46. The molecule has 0 saturated heterocycles. The van der Waals surface area contributed by atoms with Crippen molar-refractivity contribution in [3.8, 4) is 0 Å². The van der Waals surface area contributed by atoms with Crippen LogP contribution in [0.2, 0.25) is 0 Å². The van der Waals surface area contributed by atoms with E-state index in [0.717, 1.165) is 5.56 Å². The van der Waals surface area contributed by atoms with Crippen molar-refractivity contribution in [3.63, 3.8) is 0 Å². The molecule has 0 spiro atoms. The van der Waals surface area contributed by atoms with Crippen LogP contribution in [0.25, 0.3) is 0 Å². The Hall–Kier alpha value is -1.82. The van der Waals surface area contributed by atoms with Crippen molar-refractivity contribution >= 4 is 23.3 Å². The van der Waals surface area contributed by atoms with Crippen LogP contribution in [0.1, 0.15) is 18.5 Å². The Labute approximate surface area is 109 Å². The monoisotopic (exact) mass is 266 g/mol. The van der Waals surface area contributed by atoms with Gasteiger partial charge >= 0.3 is 12.0 Å². The number of carbonyl (C=O) groups is 2. The number of amides is 2. The van der Waals surface area contributed by atoms with E-state index < -0.39 is 12.0 Å². The summed E-state index contributed by atoms with van der Waals surface area (Å²) in [6.45, 7) is 1.74. The van der Waals surface area contributed by atoms with Gasteiger partial charge in [0.25, 0.3) is 0 Å². The standard InChI is InChI=1S/C12H14N2O3S/c1-7-9(11(15)17-3)10(8-4-5-18-6-8)13-12(16)14(7)2/h4-6,10H,1-3H3,(H,13,16)/t10-/m0/s1. The van der Waals surface area contributed by atoms with Crippen molar-refractivity contribution in [2.75, 3.05) is 14.2 Å². The quantitative estimate of drug-likeness (QED) is 0.832. The Morgan fingerprint density at radius 3 is 2.83 bits per heavy atom. The van der Waals surface area contributed by atoms with Crippen LogP contribution in [0.5, 0.6) is 0 Å². The number of ether oxygens (including phenoxy) is 1. The number of urea groups is 1. The fraction of sp³-hybridized carbons (Fsp3) is 0.333. The molecule has 0 aliphatic carbocycles. The summed E-state index contributed by atoms with van der Waals surface area (Å²) in [5, 5.41) is 6.62. The Morgan fingerprint density at radius 1 is 1.56 bits per heavy atom. The molecule has 18 heavy (non-hydrogen) atoms. The van der Waals surface area contributed by atoms with Crippen molar-refractivity contribution < 1.29 is 14.3 Å². The first-order chi connectivity index (χ1) is 8.56. The Kier molecular flexibility index (Phi) is 3.38. The summed E-state index contributed by atoms with van der Waals surface area (Å²) >= 11 is 1.52. The van der Waals surface area contributed by atoms with E-state index in [1.54, 1.807) is 14.0 Å². The van der Waals surface area contributed by atoms with Crippen molar-refractivity contribution in [2.24, 2.45) is 0 Å². The second kappa shape index (κ2) is 4.81. The van der Waals surface area contributed by atoms with Gasteiger partial charge in [-0.05, 0) is 29.3 Å². The van der Waals surface area contributed by atoms with Crippen LogP contribution in [0, 0.1) is 0 Å². The number of hydrogen-bond donors (Lipinski definition) is 1. The molecule has 0 unspecified atom stereocenters. The molecular formula is C12H14N2O3S. The molecule has 2 amide bonds. The minimum Gasteiger partial charge on any atom is -0.466 e. The fourth-order valence-electron chi connectivity index (χ4n) is 1.90. The smallest absolute Gasteiger partial charge is 0.337 e. The van der Waals surface area contributed by atoms with Crippen LogP contribution >= 0.6 is 11.3 Å². The average molecular weight is 266 g/mol. The molecule has 1 atom stereocenters. The van der Waals surface area contributed by atoms with Crippen LogP contribution in [-0.4, -0.2) is 31.1 Å². The molecule has 1 N–H and O–H groups in total. The number of methoxy groups -OCH3 is 1. The van der Waals surface area contributed by atoms with Gasteiger partial charge in [0.15, 0.2) is 0 Å². The minimum atomic E-state index is -0.438. The second-order valence-corrected chi connectivity index (χ2v) is 4.77. The van der Waals surface area contributed by atoms with E-state index >= 15 is 0 Å². The maximum absolute atomic E-state index is 11.9. The first-order valence-corrected chi connectivity index (χ1v) is 6.36. The van der Waals surface area contributed by atoms with Gasteiger partial charge in [0.2, 0.25) is 0 Å². The molecule has 1 aromatic heterocycles. The van der Waals surface area contributed by atoms with E-state index in [1.165, 1.54) is 23.3 Å². The van der Waals surface area contributed by atoms with Crippen LogP contribution < -0.4 is 5.32 Å². The van der Waals surface area contributed by atoms with Gasteiger partial charge in [-0.25, -0.2) is 9.59 Å². The lowest BCUT2D eigenvalue weighted by Gasteiger charge is -2.32. The number of hydrogen-bond acceptors (Lipinski definition) is 4. The molecule has 2 heterocycles. The first kappa shape index (κ1) is 12.6. The molecule has 2 rings (SSSR count). The minimum absolute atomic E-state index is 0.226. The number of carbonyl (C=O) groups excluding carboxylic acids is 2. The topological polar surface area (TPSA) is 58.6 Å². The second-order valence-electron chi connectivity index (χ2n) is 3.99. The zero-order valence-electron chi connectivity index (χ0n) is 10.4. The Morgan fingerprint density at radius 2 is 2.28 bits per heavy atom. The van der Waals surface area contributed by atoms with Crippen molar-refractivity contribution in [3.05, 3.63) is 33.7 Å². The first-order valence-electron chi connectivity index (χ1n) is 5.41. The lowest BCUT2D eigenvalue weighted by atomic mass is 9.97. The van der Waals surface area contributed by atoms with Crippen molar-refractivity contribution in [1.29, 1.82) is 0 Å². The van der Waals surface area contributed by atoms with Gasteiger partial charge in [-0.1, -0.05) is 0 Å². The third-order valence-electron chi connectivity index (χ3n) is 3.04. The molecule has 0 bridgehead atoms. The Balaban J connectivity index is 2.50. The molecule has 96 valence electrons. The number of nitrogens with one attached hydrogen (secondary N) is 1. The van der Waals surface area contributed by atoms with Crippen LogP contribution in [0.4, 0.5) is 4.79 Å². The largest absolute Gasteiger partial charge is 0.466 e. The van der Waals surface area contributed by atoms with E-state index in [1.807, 2.05) is 16.8 Å². The summed E-state index contributed by atoms with van der Waals surface area (Å²) in [6, 6.07) is 1.22. The lowest BCUT2D eigenvalue weighted by molar-refractivity contribution is -0.136. The molecule has 0 radical (unpaired) electrons. The molecule has 6 heteroatoms. The van der Waals surface area contributed by atoms with Crippen molar-refractivity contribution in [1.82, 2.24) is 10.2 Å². The van der Waals surface area contributed by atoms with Crippen LogP contribution in [0.15, 0.2) is 28.1 Å². The van der Waals surface area contributed by atoms with Crippen LogP contribution in [0.3, 0.4) is 0 Å². The molecule has 5 nitrogen and oxygen atoms in total. The normalized spacial score (nSPS) is 19.8. The number of nitrogens with zero attached hydrogens (tertiary/aromatic N) is 1. The van der Waals surface area contributed by atoms with E-state index in [2.05, 4.69) is 5.32 Å². The molecule has 1 aliphatic heterocycles. The zero-order valence-corrected chi connectivity index (χ0v) is 11.2. The average Bonchev–Trinajstić information content (AvgIpc) is 2.88. The van der Waals surface area contributed by atoms with Gasteiger partial charge in [-0.15, -0.1) is 0 Å². The third-order valence-corrected chi connectivity index (χ3v) is 3.74. The maximum Gasteiger partial charge on any atom is 0.337 e. The van der Waals surface area contributed by atoms with E-state index in [0.29, 0.717) is 11.3 Å². The summed E-state index contributed by atoms with van der Waals surface area (Å²) in [4.78, 5) is 25.1. The highest BCUT2D eigenvalue weighted by Gasteiger charge is 2.34. The van der Waals surface area contributed by atoms with Gasteiger partial charge in [-0.2, -0.15) is 11.3 Å². The molecule has 1 aromatic rings. The van der Waals surface area contributed by atoms with Gasteiger partial charge in [0.1, 0.15) is 0 Å². The highest BCUT2D eigenvalue weighted by atomic mass is 32.1.